The number of hydrogen-bond donors (Lipinski definition) is 2. The van der Waals surface area contributed by atoms with Crippen LogP contribution >= 0.6 is 11.3 Å². The normalized spacial score (nSPS) is 19.3. The third kappa shape index (κ3) is 2.59. The molecule has 1 aromatic heterocycles. The number of nitrogens with one attached hydrogen (secondary N) is 2. The summed E-state index contributed by atoms with van der Waals surface area (Å²) in [5, 5.41) is 7.62. The standard InChI is InChI=1S/C18H20N2O2S/c1-2-22-12-9-7-11(8-10-12)16-19-17(21)15-13-5-3-4-6-14(13)23-18(15)20-16/h7-10,16,20H,2-6H2,1H3,(H,19,21)/t16-/m0/s1. The molecule has 2 aromatic rings. The number of anilines is 1. The lowest BCUT2D eigenvalue weighted by atomic mass is 9.94. The van der Waals surface area contributed by atoms with E-state index in [0.717, 1.165) is 34.7 Å². The Morgan fingerprint density at radius 1 is 1.17 bits per heavy atom. The van der Waals surface area contributed by atoms with Crippen LogP contribution in [0.2, 0.25) is 0 Å². The van der Waals surface area contributed by atoms with Gasteiger partial charge in [-0.25, -0.2) is 0 Å². The summed E-state index contributed by atoms with van der Waals surface area (Å²) in [6, 6.07) is 7.90. The molecule has 5 heteroatoms. The number of ether oxygens (including phenoxy) is 1. The second-order valence-electron chi connectivity index (χ2n) is 5.97. The van der Waals surface area contributed by atoms with Crippen molar-refractivity contribution in [2.75, 3.05) is 11.9 Å². The monoisotopic (exact) mass is 328 g/mol. The van der Waals surface area contributed by atoms with E-state index in [1.54, 1.807) is 11.3 Å². The molecule has 0 saturated carbocycles. The topological polar surface area (TPSA) is 50.4 Å². The molecule has 2 heterocycles. The fourth-order valence-corrected chi connectivity index (χ4v) is 4.68. The number of carbonyl (C=O) groups excluding carboxylic acids is 1. The summed E-state index contributed by atoms with van der Waals surface area (Å²) in [6.07, 6.45) is 4.38. The van der Waals surface area contributed by atoms with Crippen molar-refractivity contribution in [2.24, 2.45) is 0 Å². The molecule has 1 amide bonds. The van der Waals surface area contributed by atoms with Crippen molar-refractivity contribution in [3.63, 3.8) is 0 Å². The van der Waals surface area contributed by atoms with E-state index in [-0.39, 0.29) is 12.1 Å². The Bertz CT molecular complexity index is 736. The molecule has 1 aliphatic carbocycles. The molecule has 0 unspecified atom stereocenters. The smallest absolute Gasteiger partial charge is 0.256 e. The Labute approximate surface area is 139 Å². The summed E-state index contributed by atoms with van der Waals surface area (Å²) < 4.78 is 5.47. The van der Waals surface area contributed by atoms with Crippen LogP contribution in [0, 0.1) is 0 Å². The second-order valence-corrected chi connectivity index (χ2v) is 7.07. The maximum atomic E-state index is 12.6. The molecule has 2 N–H and O–H groups in total. The molecule has 0 bridgehead atoms. The number of rotatable bonds is 3. The van der Waals surface area contributed by atoms with Crippen molar-refractivity contribution in [3.05, 3.63) is 45.8 Å². The number of hydrogen-bond acceptors (Lipinski definition) is 4. The van der Waals surface area contributed by atoms with Crippen molar-refractivity contribution < 1.29 is 9.53 Å². The number of fused-ring (bicyclic) bond motifs is 3. The summed E-state index contributed by atoms with van der Waals surface area (Å²) in [4.78, 5) is 14.0. The van der Waals surface area contributed by atoms with Crippen LogP contribution in [-0.4, -0.2) is 12.5 Å². The highest BCUT2D eigenvalue weighted by atomic mass is 32.1. The Morgan fingerprint density at radius 3 is 2.74 bits per heavy atom. The van der Waals surface area contributed by atoms with Crippen LogP contribution in [0.1, 0.15) is 52.3 Å². The van der Waals surface area contributed by atoms with Gasteiger partial charge in [0.25, 0.3) is 5.91 Å². The first-order chi connectivity index (χ1) is 11.3. The first-order valence-electron chi connectivity index (χ1n) is 8.21. The van der Waals surface area contributed by atoms with Gasteiger partial charge in [0.1, 0.15) is 16.9 Å². The second kappa shape index (κ2) is 5.89. The van der Waals surface area contributed by atoms with Crippen molar-refractivity contribution in [3.8, 4) is 5.75 Å². The average Bonchev–Trinajstić information content (AvgIpc) is 2.94. The molecule has 1 aliphatic heterocycles. The van der Waals surface area contributed by atoms with Gasteiger partial charge in [0.15, 0.2) is 0 Å². The Hall–Kier alpha value is -2.01. The summed E-state index contributed by atoms with van der Waals surface area (Å²) in [7, 11) is 0. The number of amides is 1. The lowest BCUT2D eigenvalue weighted by molar-refractivity contribution is 0.0935. The van der Waals surface area contributed by atoms with Crippen LogP contribution in [0.25, 0.3) is 0 Å². The Balaban J connectivity index is 1.61. The van der Waals surface area contributed by atoms with Crippen molar-refractivity contribution in [1.29, 1.82) is 0 Å². The van der Waals surface area contributed by atoms with Gasteiger partial charge in [0, 0.05) is 4.88 Å². The summed E-state index contributed by atoms with van der Waals surface area (Å²) >= 11 is 1.75. The quantitative estimate of drug-likeness (QED) is 0.899. The van der Waals surface area contributed by atoms with Crippen LogP contribution in [0.5, 0.6) is 5.75 Å². The SMILES string of the molecule is CCOc1ccc([C@H]2NC(=O)c3c(sc4c3CCCC4)N2)cc1. The molecular formula is C18H20N2O2S. The number of benzene rings is 1. The highest BCUT2D eigenvalue weighted by molar-refractivity contribution is 7.16. The molecule has 0 radical (unpaired) electrons. The van der Waals surface area contributed by atoms with Crippen LogP contribution in [0.15, 0.2) is 24.3 Å². The van der Waals surface area contributed by atoms with Crippen molar-refractivity contribution in [2.45, 2.75) is 38.8 Å². The molecule has 0 spiro atoms. The van der Waals surface area contributed by atoms with E-state index in [1.807, 2.05) is 31.2 Å². The van der Waals surface area contributed by atoms with E-state index in [0.29, 0.717) is 6.61 Å². The molecule has 4 nitrogen and oxygen atoms in total. The van der Waals surface area contributed by atoms with Crippen LogP contribution in [0.4, 0.5) is 5.00 Å². The molecule has 1 aromatic carbocycles. The lowest BCUT2D eigenvalue weighted by Gasteiger charge is -2.27. The average molecular weight is 328 g/mol. The van der Waals surface area contributed by atoms with E-state index < -0.39 is 0 Å². The summed E-state index contributed by atoms with van der Waals surface area (Å²) in [5.74, 6) is 0.905. The number of aryl methyl sites for hydroxylation is 1. The highest BCUT2D eigenvalue weighted by Crippen LogP contribution is 2.41. The van der Waals surface area contributed by atoms with Gasteiger partial charge in [-0.15, -0.1) is 11.3 Å². The maximum absolute atomic E-state index is 12.6. The van der Waals surface area contributed by atoms with Gasteiger partial charge in [0.2, 0.25) is 0 Å². The molecule has 120 valence electrons. The minimum atomic E-state index is -0.175. The van der Waals surface area contributed by atoms with Gasteiger partial charge in [-0.2, -0.15) is 0 Å². The zero-order chi connectivity index (χ0) is 15.8. The molecule has 0 fully saturated rings. The van der Waals surface area contributed by atoms with Crippen LogP contribution in [-0.2, 0) is 12.8 Å². The highest BCUT2D eigenvalue weighted by Gasteiger charge is 2.31. The molecule has 0 saturated heterocycles. The van der Waals surface area contributed by atoms with Crippen LogP contribution in [0.3, 0.4) is 0 Å². The molecule has 2 aliphatic rings. The molecular weight excluding hydrogens is 308 g/mol. The van der Waals surface area contributed by atoms with Gasteiger partial charge >= 0.3 is 0 Å². The predicted octanol–water partition coefficient (Wildman–Crippen LogP) is 3.88. The van der Waals surface area contributed by atoms with Crippen molar-refractivity contribution >= 4 is 22.2 Å². The van der Waals surface area contributed by atoms with Gasteiger partial charge in [0.05, 0.1) is 12.2 Å². The van der Waals surface area contributed by atoms with E-state index in [9.17, 15) is 4.79 Å². The van der Waals surface area contributed by atoms with Gasteiger partial charge in [-0.3, -0.25) is 4.79 Å². The summed E-state index contributed by atoms with van der Waals surface area (Å²) in [6.45, 7) is 2.62. The molecule has 1 atom stereocenters. The fourth-order valence-electron chi connectivity index (χ4n) is 3.37. The first kappa shape index (κ1) is 14.6. The van der Waals surface area contributed by atoms with Gasteiger partial charge in [-0.1, -0.05) is 12.1 Å². The predicted molar refractivity (Wildman–Crippen MR) is 92.4 cm³/mol. The minimum absolute atomic E-state index is 0.0528. The largest absolute Gasteiger partial charge is 0.494 e. The minimum Gasteiger partial charge on any atom is -0.494 e. The third-order valence-electron chi connectivity index (χ3n) is 4.47. The fraction of sp³-hybridized carbons (Fsp3) is 0.389. The van der Waals surface area contributed by atoms with E-state index in [1.165, 1.54) is 23.3 Å². The van der Waals surface area contributed by atoms with Gasteiger partial charge in [-0.05, 0) is 55.9 Å². The maximum Gasteiger partial charge on any atom is 0.256 e. The van der Waals surface area contributed by atoms with Crippen molar-refractivity contribution in [1.82, 2.24) is 5.32 Å². The number of thiophene rings is 1. The van der Waals surface area contributed by atoms with Gasteiger partial charge < -0.3 is 15.4 Å². The first-order valence-corrected chi connectivity index (χ1v) is 9.02. The lowest BCUT2D eigenvalue weighted by Crippen LogP contribution is -2.38. The third-order valence-corrected chi connectivity index (χ3v) is 5.70. The summed E-state index contributed by atoms with van der Waals surface area (Å²) in [5.41, 5.74) is 3.19. The Morgan fingerprint density at radius 2 is 1.96 bits per heavy atom. The van der Waals surface area contributed by atoms with E-state index in [2.05, 4.69) is 10.6 Å². The zero-order valence-electron chi connectivity index (χ0n) is 13.1. The molecule has 4 rings (SSSR count). The molecule has 23 heavy (non-hydrogen) atoms. The Kier molecular flexibility index (Phi) is 3.73. The van der Waals surface area contributed by atoms with E-state index in [4.69, 9.17) is 4.74 Å². The zero-order valence-corrected chi connectivity index (χ0v) is 14.0. The number of carbonyl (C=O) groups is 1. The van der Waals surface area contributed by atoms with E-state index >= 15 is 0 Å². The van der Waals surface area contributed by atoms with Crippen LogP contribution < -0.4 is 15.4 Å².